The van der Waals surface area contributed by atoms with Gasteiger partial charge in [-0.15, -0.1) is 0 Å². The van der Waals surface area contributed by atoms with Crippen molar-refractivity contribution >= 4 is 0 Å². The van der Waals surface area contributed by atoms with Crippen LogP contribution in [0.15, 0.2) is 0 Å². The molecule has 8 rings (SSSR count). The molecule has 8 saturated carbocycles. The van der Waals surface area contributed by atoms with Gasteiger partial charge < -0.3 is 0 Å². The molecular weight excluding hydrogens is 577 g/mol. The Morgan fingerprint density at radius 1 is 0.271 bits per heavy atom. The fourth-order valence-corrected chi connectivity index (χ4v) is 13.4. The summed E-state index contributed by atoms with van der Waals surface area (Å²) < 4.78 is 0. The van der Waals surface area contributed by atoms with Gasteiger partial charge in [-0.1, -0.05) is 132 Å². The highest BCUT2D eigenvalue weighted by molar-refractivity contribution is 4.95. The van der Waals surface area contributed by atoms with Crippen LogP contribution < -0.4 is 0 Å². The van der Waals surface area contributed by atoms with Crippen molar-refractivity contribution in [1.29, 1.82) is 0 Å². The van der Waals surface area contributed by atoms with E-state index < -0.39 is 0 Å². The van der Waals surface area contributed by atoms with E-state index in [0.717, 1.165) is 71.0 Å². The molecule has 0 nitrogen and oxygen atoms in total. The topological polar surface area (TPSA) is 0 Å². The summed E-state index contributed by atoms with van der Waals surface area (Å²) in [6.07, 6.45) is 41.1. The number of fused-ring (bicyclic) bond motifs is 4. The molecule has 0 aromatic heterocycles. The summed E-state index contributed by atoms with van der Waals surface area (Å²) >= 11 is 0. The van der Waals surface area contributed by atoms with Crippen molar-refractivity contribution in [2.75, 3.05) is 0 Å². The van der Waals surface area contributed by atoms with Crippen LogP contribution in [0.4, 0.5) is 0 Å². The SMILES string of the molecule is C1CCC2C(C1)CCC2CC1CCC2CCCCC21.C1CCC2C(C1)CCC2CC1CCC2CCCCC21.CC(C)(C)C.CC(C)(C)C. The summed E-state index contributed by atoms with van der Waals surface area (Å²) in [4.78, 5) is 0. The molecule has 0 saturated heterocycles. The average Bonchev–Trinajstić information content (AvgIpc) is 3.83. The van der Waals surface area contributed by atoms with Crippen LogP contribution in [0.1, 0.15) is 222 Å². The summed E-state index contributed by atoms with van der Waals surface area (Å²) in [6, 6.07) is 0. The molecule has 0 spiro atoms. The summed E-state index contributed by atoms with van der Waals surface area (Å²) in [5.74, 6) is 13.9. The monoisotopic (exact) mass is 665 g/mol. The van der Waals surface area contributed by atoms with Gasteiger partial charge in [0, 0.05) is 0 Å². The molecule has 8 aliphatic rings. The highest BCUT2D eigenvalue weighted by atomic mass is 14.5. The Morgan fingerprint density at radius 3 is 0.667 bits per heavy atom. The van der Waals surface area contributed by atoms with E-state index in [9.17, 15) is 0 Å². The van der Waals surface area contributed by atoms with E-state index in [2.05, 4.69) is 55.4 Å². The predicted octanol–water partition coefficient (Wildman–Crippen LogP) is 15.7. The Balaban J connectivity index is 0.000000148. The zero-order chi connectivity index (χ0) is 34.3. The predicted molar refractivity (Wildman–Crippen MR) is 212 cm³/mol. The van der Waals surface area contributed by atoms with E-state index in [1.54, 1.807) is 167 Å². The Labute approximate surface area is 303 Å². The first kappa shape index (κ1) is 39.2. The van der Waals surface area contributed by atoms with Gasteiger partial charge in [0.1, 0.15) is 0 Å². The molecule has 0 N–H and O–H groups in total. The number of hydrogen-bond acceptors (Lipinski definition) is 0. The van der Waals surface area contributed by atoms with Crippen molar-refractivity contribution in [1.82, 2.24) is 0 Å². The molecule has 0 aromatic rings. The van der Waals surface area contributed by atoms with Crippen LogP contribution in [0.2, 0.25) is 0 Å². The third-order valence-electron chi connectivity index (χ3n) is 15.1. The molecule has 12 unspecified atom stereocenters. The summed E-state index contributed by atoms with van der Waals surface area (Å²) in [5.41, 5.74) is 1.00. The first-order chi connectivity index (χ1) is 22.8. The second-order valence-electron chi connectivity index (χ2n) is 22.7. The Morgan fingerprint density at radius 2 is 0.458 bits per heavy atom. The first-order valence-electron chi connectivity index (χ1n) is 22.8. The lowest BCUT2D eigenvalue weighted by atomic mass is 9.72. The minimum absolute atomic E-state index is 0.500. The largest absolute Gasteiger partial charge is 0.0604 e. The standard InChI is InChI=1S/2C19H32.2C5H12/c2*1-3-7-18-14(5-1)9-11-16(18)13-17-12-10-15-6-2-4-8-19(15)17;2*1-5(2,3)4/h2*14-19H,1-13H2;2*1-4H3. The molecule has 0 heteroatoms. The smallest absolute Gasteiger partial charge is 0.0357 e. The number of rotatable bonds is 4. The van der Waals surface area contributed by atoms with E-state index >= 15 is 0 Å². The van der Waals surface area contributed by atoms with Gasteiger partial charge in [-0.05, 0) is 172 Å². The van der Waals surface area contributed by atoms with Crippen LogP contribution in [-0.4, -0.2) is 0 Å². The van der Waals surface area contributed by atoms with Gasteiger partial charge >= 0.3 is 0 Å². The molecule has 0 heterocycles. The maximum Gasteiger partial charge on any atom is -0.0357 e. The van der Waals surface area contributed by atoms with Crippen LogP contribution in [-0.2, 0) is 0 Å². The molecule has 280 valence electrons. The zero-order valence-corrected chi connectivity index (χ0v) is 34.3. The highest BCUT2D eigenvalue weighted by Gasteiger charge is 2.44. The molecule has 0 bridgehead atoms. The van der Waals surface area contributed by atoms with Gasteiger partial charge in [-0.25, -0.2) is 0 Å². The van der Waals surface area contributed by atoms with Gasteiger partial charge in [0.2, 0.25) is 0 Å². The van der Waals surface area contributed by atoms with Crippen molar-refractivity contribution in [2.24, 2.45) is 81.8 Å². The molecule has 48 heavy (non-hydrogen) atoms. The Kier molecular flexibility index (Phi) is 14.8. The maximum absolute atomic E-state index is 2.19. The second kappa shape index (κ2) is 18.2. The summed E-state index contributed by atoms with van der Waals surface area (Å²) in [6.45, 7) is 17.5. The molecule has 8 fully saturated rings. The molecule has 8 aliphatic carbocycles. The Bertz CT molecular complexity index is 754. The molecule has 0 amide bonds. The minimum atomic E-state index is 0.500. The fourth-order valence-electron chi connectivity index (χ4n) is 13.4. The fraction of sp³-hybridized carbons (Fsp3) is 1.00. The zero-order valence-electron chi connectivity index (χ0n) is 34.3. The first-order valence-corrected chi connectivity index (χ1v) is 22.8. The van der Waals surface area contributed by atoms with Crippen LogP contribution in [0.25, 0.3) is 0 Å². The van der Waals surface area contributed by atoms with E-state index in [0.29, 0.717) is 10.8 Å². The maximum atomic E-state index is 2.19. The van der Waals surface area contributed by atoms with Crippen LogP contribution in [0.3, 0.4) is 0 Å². The Hall–Kier alpha value is 0. The molecule has 0 radical (unpaired) electrons. The minimum Gasteiger partial charge on any atom is -0.0604 e. The van der Waals surface area contributed by atoms with Crippen molar-refractivity contribution in [3.8, 4) is 0 Å². The van der Waals surface area contributed by atoms with E-state index in [-0.39, 0.29) is 0 Å². The summed E-state index contributed by atoms with van der Waals surface area (Å²) in [5, 5.41) is 0. The normalized spacial score (nSPS) is 42.0. The van der Waals surface area contributed by atoms with Crippen molar-refractivity contribution < 1.29 is 0 Å². The van der Waals surface area contributed by atoms with E-state index in [4.69, 9.17) is 0 Å². The molecule has 0 aromatic carbocycles. The van der Waals surface area contributed by atoms with Crippen LogP contribution >= 0.6 is 0 Å². The van der Waals surface area contributed by atoms with Gasteiger partial charge in [0.25, 0.3) is 0 Å². The molecule has 0 aliphatic heterocycles. The van der Waals surface area contributed by atoms with Gasteiger partial charge in [-0.3, -0.25) is 0 Å². The average molecular weight is 665 g/mol. The lowest BCUT2D eigenvalue weighted by Gasteiger charge is -2.34. The van der Waals surface area contributed by atoms with E-state index in [1.807, 2.05) is 0 Å². The number of hydrogen-bond donors (Lipinski definition) is 0. The third kappa shape index (κ3) is 12.0. The van der Waals surface area contributed by atoms with Gasteiger partial charge in [-0.2, -0.15) is 0 Å². The van der Waals surface area contributed by atoms with Crippen LogP contribution in [0, 0.1) is 81.8 Å². The summed E-state index contributed by atoms with van der Waals surface area (Å²) in [7, 11) is 0. The van der Waals surface area contributed by atoms with Gasteiger partial charge in [0.05, 0.1) is 0 Å². The quantitative estimate of drug-likeness (QED) is 0.280. The highest BCUT2D eigenvalue weighted by Crippen LogP contribution is 2.55. The van der Waals surface area contributed by atoms with Crippen molar-refractivity contribution in [3.05, 3.63) is 0 Å². The molecular formula is C48H88. The third-order valence-corrected chi connectivity index (χ3v) is 15.1. The molecule has 12 atom stereocenters. The van der Waals surface area contributed by atoms with Crippen molar-refractivity contribution in [2.45, 2.75) is 222 Å². The van der Waals surface area contributed by atoms with Gasteiger partial charge in [0.15, 0.2) is 0 Å². The van der Waals surface area contributed by atoms with Crippen molar-refractivity contribution in [3.63, 3.8) is 0 Å². The van der Waals surface area contributed by atoms with E-state index in [1.165, 1.54) is 0 Å². The second-order valence-corrected chi connectivity index (χ2v) is 22.7. The lowest BCUT2D eigenvalue weighted by Crippen LogP contribution is -2.24. The van der Waals surface area contributed by atoms with Crippen LogP contribution in [0.5, 0.6) is 0 Å². The lowest BCUT2D eigenvalue weighted by molar-refractivity contribution is 0.164.